The third kappa shape index (κ3) is 3.47. The summed E-state index contributed by atoms with van der Waals surface area (Å²) in [6, 6.07) is 50.2. The van der Waals surface area contributed by atoms with Crippen molar-refractivity contribution in [2.45, 2.75) is 0 Å². The smallest absolute Gasteiger partial charge is 0.0542 e. The summed E-state index contributed by atoms with van der Waals surface area (Å²) >= 11 is 3.79. The topological polar surface area (TPSA) is 9.86 Å². The zero-order chi connectivity index (χ0) is 25.9. The molecule has 0 spiro atoms. The maximum atomic E-state index is 3.79. The van der Waals surface area contributed by atoms with Crippen LogP contribution >= 0.6 is 15.9 Å². The zero-order valence-electron chi connectivity index (χ0n) is 21.1. The SMILES string of the molecule is Brc1cc(-c2ccccc2)cc(-n2c3ccccc3c3cc(-n4c5ccccc5c5ccccc54)ccc32)c1. The minimum Gasteiger partial charge on any atom is -0.309 e. The molecule has 3 heteroatoms. The van der Waals surface area contributed by atoms with Crippen molar-refractivity contribution in [3.05, 3.63) is 144 Å². The number of para-hydroxylation sites is 3. The second-order valence-electron chi connectivity index (χ2n) is 9.99. The van der Waals surface area contributed by atoms with Gasteiger partial charge in [-0.3, -0.25) is 0 Å². The Kier molecular flexibility index (Phi) is 5.01. The second-order valence-corrected chi connectivity index (χ2v) is 10.9. The highest BCUT2D eigenvalue weighted by Crippen LogP contribution is 2.38. The molecule has 0 aliphatic heterocycles. The summed E-state index contributed by atoms with van der Waals surface area (Å²) in [5, 5.41) is 5.04. The number of hydrogen-bond acceptors (Lipinski definition) is 0. The van der Waals surface area contributed by atoms with E-state index in [4.69, 9.17) is 0 Å². The Labute approximate surface area is 234 Å². The average molecular weight is 563 g/mol. The molecule has 0 fully saturated rings. The van der Waals surface area contributed by atoms with Crippen molar-refractivity contribution in [2.24, 2.45) is 0 Å². The second kappa shape index (κ2) is 8.72. The molecule has 0 aliphatic rings. The molecule has 0 atom stereocenters. The Morgan fingerprint density at radius 3 is 1.51 bits per heavy atom. The molecule has 8 aromatic rings. The van der Waals surface area contributed by atoms with E-state index in [1.165, 1.54) is 60.4 Å². The van der Waals surface area contributed by atoms with Crippen LogP contribution in [0.25, 0.3) is 66.1 Å². The predicted octanol–water partition coefficient (Wildman–Crippen LogP) is 10.3. The van der Waals surface area contributed by atoms with Crippen molar-refractivity contribution in [3.63, 3.8) is 0 Å². The van der Waals surface area contributed by atoms with Crippen LogP contribution in [0.1, 0.15) is 0 Å². The third-order valence-corrected chi connectivity index (χ3v) is 8.20. The third-order valence-electron chi connectivity index (χ3n) is 7.74. The number of hydrogen-bond donors (Lipinski definition) is 0. The van der Waals surface area contributed by atoms with Gasteiger partial charge in [-0.15, -0.1) is 0 Å². The number of benzene rings is 6. The number of rotatable bonds is 3. The fourth-order valence-electron chi connectivity index (χ4n) is 6.08. The minimum absolute atomic E-state index is 1.06. The standard InChI is InChI=1S/C36H23BrN2/c37-26-20-25(24-10-2-1-3-11-24)21-28(22-26)39-35-17-9-6-14-31(35)32-23-27(18-19-36(32)39)38-33-15-7-4-12-29(33)30-13-5-8-16-34(30)38/h1-23H. The molecule has 0 amide bonds. The van der Waals surface area contributed by atoms with Gasteiger partial charge in [-0.2, -0.15) is 0 Å². The molecule has 0 radical (unpaired) electrons. The van der Waals surface area contributed by atoms with Gasteiger partial charge in [0.1, 0.15) is 0 Å². The van der Waals surface area contributed by atoms with Crippen LogP contribution in [0.3, 0.4) is 0 Å². The summed E-state index contributed by atoms with van der Waals surface area (Å²) in [5.41, 5.74) is 9.53. The summed E-state index contributed by atoms with van der Waals surface area (Å²) < 4.78 is 5.84. The van der Waals surface area contributed by atoms with Crippen molar-refractivity contribution >= 4 is 59.5 Å². The van der Waals surface area contributed by atoms with E-state index in [1.54, 1.807) is 0 Å². The molecule has 39 heavy (non-hydrogen) atoms. The summed E-state index contributed by atoms with van der Waals surface area (Å²) in [5.74, 6) is 0. The lowest BCUT2D eigenvalue weighted by Crippen LogP contribution is -1.96. The molecule has 0 saturated carbocycles. The molecule has 0 N–H and O–H groups in total. The Balaban J connectivity index is 1.41. The van der Waals surface area contributed by atoms with E-state index in [0.717, 1.165) is 10.2 Å². The minimum atomic E-state index is 1.06. The first-order chi connectivity index (χ1) is 19.3. The van der Waals surface area contributed by atoms with E-state index >= 15 is 0 Å². The lowest BCUT2D eigenvalue weighted by molar-refractivity contribution is 1.16. The van der Waals surface area contributed by atoms with Crippen LogP contribution in [0.2, 0.25) is 0 Å². The highest BCUT2D eigenvalue weighted by molar-refractivity contribution is 9.10. The molecular formula is C36H23BrN2. The molecule has 6 aromatic carbocycles. The maximum absolute atomic E-state index is 3.79. The van der Waals surface area contributed by atoms with E-state index in [2.05, 4.69) is 165 Å². The molecule has 184 valence electrons. The maximum Gasteiger partial charge on any atom is 0.0542 e. The summed E-state index contributed by atoms with van der Waals surface area (Å²) in [4.78, 5) is 0. The van der Waals surface area contributed by atoms with Gasteiger partial charge < -0.3 is 9.13 Å². The van der Waals surface area contributed by atoms with E-state index in [1.807, 2.05) is 0 Å². The quantitative estimate of drug-likeness (QED) is 0.202. The fraction of sp³-hybridized carbons (Fsp3) is 0. The molecule has 2 nitrogen and oxygen atoms in total. The molecule has 0 unspecified atom stereocenters. The first-order valence-corrected chi connectivity index (χ1v) is 13.9. The first-order valence-electron chi connectivity index (χ1n) is 13.1. The van der Waals surface area contributed by atoms with Gasteiger partial charge in [-0.05, 0) is 65.7 Å². The van der Waals surface area contributed by atoms with Gasteiger partial charge in [0.2, 0.25) is 0 Å². The Hall–Kier alpha value is -4.60. The van der Waals surface area contributed by atoms with E-state index in [0.29, 0.717) is 0 Å². The van der Waals surface area contributed by atoms with Crippen molar-refractivity contribution < 1.29 is 0 Å². The molecule has 0 aliphatic carbocycles. The van der Waals surface area contributed by atoms with Crippen molar-refractivity contribution in [2.75, 3.05) is 0 Å². The lowest BCUT2D eigenvalue weighted by Gasteiger charge is -2.12. The van der Waals surface area contributed by atoms with Gasteiger partial charge in [0.25, 0.3) is 0 Å². The van der Waals surface area contributed by atoms with E-state index < -0.39 is 0 Å². The van der Waals surface area contributed by atoms with Crippen LogP contribution in [0.15, 0.2) is 144 Å². The van der Waals surface area contributed by atoms with Crippen molar-refractivity contribution in [3.8, 4) is 22.5 Å². The first kappa shape index (κ1) is 22.4. The molecule has 2 heterocycles. The Morgan fingerprint density at radius 1 is 0.359 bits per heavy atom. The van der Waals surface area contributed by atoms with Crippen molar-refractivity contribution in [1.82, 2.24) is 9.13 Å². The fourth-order valence-corrected chi connectivity index (χ4v) is 6.56. The Morgan fingerprint density at radius 2 is 0.872 bits per heavy atom. The van der Waals surface area contributed by atoms with Crippen molar-refractivity contribution in [1.29, 1.82) is 0 Å². The molecular weight excluding hydrogens is 540 g/mol. The van der Waals surface area contributed by atoms with Gasteiger partial charge in [0.15, 0.2) is 0 Å². The monoisotopic (exact) mass is 562 g/mol. The van der Waals surface area contributed by atoms with Gasteiger partial charge in [0.05, 0.1) is 22.1 Å². The largest absolute Gasteiger partial charge is 0.309 e. The molecule has 8 rings (SSSR count). The van der Waals surface area contributed by atoms with E-state index in [9.17, 15) is 0 Å². The van der Waals surface area contributed by atoms with Gasteiger partial charge in [-0.25, -0.2) is 0 Å². The van der Waals surface area contributed by atoms with Gasteiger partial charge >= 0.3 is 0 Å². The highest BCUT2D eigenvalue weighted by Gasteiger charge is 2.16. The number of halogens is 1. The lowest BCUT2D eigenvalue weighted by atomic mass is 10.1. The number of fused-ring (bicyclic) bond motifs is 6. The highest BCUT2D eigenvalue weighted by atomic mass is 79.9. The molecule has 2 aromatic heterocycles. The molecule has 0 saturated heterocycles. The summed E-state index contributed by atoms with van der Waals surface area (Å²) in [6.07, 6.45) is 0. The van der Waals surface area contributed by atoms with Crippen LogP contribution in [-0.4, -0.2) is 9.13 Å². The Bertz CT molecular complexity index is 2130. The van der Waals surface area contributed by atoms with Crippen LogP contribution in [0.4, 0.5) is 0 Å². The zero-order valence-corrected chi connectivity index (χ0v) is 22.6. The summed E-state index contributed by atoms with van der Waals surface area (Å²) in [6.45, 7) is 0. The van der Waals surface area contributed by atoms with Crippen LogP contribution in [-0.2, 0) is 0 Å². The number of nitrogens with zero attached hydrogens (tertiary/aromatic N) is 2. The number of aromatic nitrogens is 2. The predicted molar refractivity (Wildman–Crippen MR) is 168 cm³/mol. The average Bonchev–Trinajstić information content (AvgIpc) is 3.50. The van der Waals surface area contributed by atoms with Crippen LogP contribution in [0.5, 0.6) is 0 Å². The van der Waals surface area contributed by atoms with Gasteiger partial charge in [0, 0.05) is 37.4 Å². The normalized spacial score (nSPS) is 11.7. The summed E-state index contributed by atoms with van der Waals surface area (Å²) in [7, 11) is 0. The van der Waals surface area contributed by atoms with Gasteiger partial charge in [-0.1, -0.05) is 101 Å². The van der Waals surface area contributed by atoms with Crippen LogP contribution in [0, 0.1) is 0 Å². The molecule has 0 bridgehead atoms. The van der Waals surface area contributed by atoms with Crippen LogP contribution < -0.4 is 0 Å². The van der Waals surface area contributed by atoms with E-state index in [-0.39, 0.29) is 0 Å².